The van der Waals surface area contributed by atoms with Gasteiger partial charge in [-0.1, -0.05) is 23.2 Å². The van der Waals surface area contributed by atoms with Gasteiger partial charge in [0.05, 0.1) is 10.7 Å². The van der Waals surface area contributed by atoms with Gasteiger partial charge in [0.25, 0.3) is 5.91 Å². The van der Waals surface area contributed by atoms with Crippen molar-refractivity contribution in [2.24, 2.45) is 0 Å². The van der Waals surface area contributed by atoms with Crippen molar-refractivity contribution in [2.75, 3.05) is 25.6 Å². The molecule has 2 rings (SSSR count). The fourth-order valence-electron chi connectivity index (χ4n) is 1.76. The van der Waals surface area contributed by atoms with Gasteiger partial charge in [0.2, 0.25) is 0 Å². The molecule has 0 radical (unpaired) electrons. The molecule has 2 N–H and O–H groups in total. The Balaban J connectivity index is 1.96. The first-order valence-corrected chi connectivity index (χ1v) is 7.68. The molecule has 2 aromatic rings. The first kappa shape index (κ1) is 17.5. The number of hydrogen-bond donors (Lipinski definition) is 2. The van der Waals surface area contributed by atoms with Crippen LogP contribution in [0.15, 0.2) is 30.3 Å². The van der Waals surface area contributed by atoms with Gasteiger partial charge in [0.15, 0.2) is 11.5 Å². The molecule has 0 aliphatic heterocycles. The lowest BCUT2D eigenvalue weighted by Gasteiger charge is -2.08. The Morgan fingerprint density at radius 1 is 1.22 bits per heavy atom. The number of ether oxygens (including phenoxy) is 1. The fraction of sp³-hybridized carbons (Fsp3) is 0.267. The van der Waals surface area contributed by atoms with E-state index < -0.39 is 0 Å². The van der Waals surface area contributed by atoms with E-state index in [1.54, 1.807) is 37.4 Å². The third-order valence-electron chi connectivity index (χ3n) is 2.90. The maximum atomic E-state index is 11.9. The predicted octanol–water partition coefficient (Wildman–Crippen LogP) is 3.29. The third kappa shape index (κ3) is 5.35. The van der Waals surface area contributed by atoms with Crippen molar-refractivity contribution in [3.05, 3.63) is 46.1 Å². The second-order valence-corrected chi connectivity index (χ2v) is 5.50. The van der Waals surface area contributed by atoms with Crippen LogP contribution >= 0.6 is 23.2 Å². The molecule has 1 amide bonds. The van der Waals surface area contributed by atoms with Crippen LogP contribution in [-0.2, 0) is 4.74 Å². The number of carbonyl (C=O) groups excluding carboxylic acids is 1. The standard InChI is InChI=1S/C15H16Cl2N4O2/c1-23-8-2-7-18-15(22)12-5-6-14(21-20-12)19-13-9-10(16)3-4-11(13)17/h3-6,9H,2,7-8H2,1H3,(H,18,22)(H,19,21). The number of amides is 1. The summed E-state index contributed by atoms with van der Waals surface area (Å²) < 4.78 is 4.91. The molecule has 0 aliphatic rings. The number of anilines is 2. The molecule has 0 aliphatic carbocycles. The summed E-state index contributed by atoms with van der Waals surface area (Å²) in [5, 5.41) is 14.7. The molecule has 0 saturated carbocycles. The number of nitrogens with one attached hydrogen (secondary N) is 2. The summed E-state index contributed by atoms with van der Waals surface area (Å²) in [6, 6.07) is 8.29. The molecule has 1 aromatic heterocycles. The van der Waals surface area contributed by atoms with Gasteiger partial charge in [0, 0.05) is 25.3 Å². The second kappa shape index (κ2) is 8.67. The number of aromatic nitrogens is 2. The Morgan fingerprint density at radius 3 is 2.74 bits per heavy atom. The van der Waals surface area contributed by atoms with E-state index >= 15 is 0 Å². The number of nitrogens with zero attached hydrogens (tertiary/aromatic N) is 2. The summed E-state index contributed by atoms with van der Waals surface area (Å²) >= 11 is 12.0. The number of carbonyl (C=O) groups is 1. The molecule has 6 nitrogen and oxygen atoms in total. The van der Waals surface area contributed by atoms with Gasteiger partial charge in [-0.2, -0.15) is 0 Å². The van der Waals surface area contributed by atoms with Crippen molar-refractivity contribution >= 4 is 40.6 Å². The van der Waals surface area contributed by atoms with Crippen LogP contribution in [0.25, 0.3) is 0 Å². The number of methoxy groups -OCH3 is 1. The first-order chi connectivity index (χ1) is 11.1. The highest BCUT2D eigenvalue weighted by Crippen LogP contribution is 2.27. The minimum atomic E-state index is -0.277. The van der Waals surface area contributed by atoms with Gasteiger partial charge < -0.3 is 15.4 Å². The molecule has 0 spiro atoms. The van der Waals surface area contributed by atoms with Gasteiger partial charge in [-0.15, -0.1) is 10.2 Å². The van der Waals surface area contributed by atoms with Crippen molar-refractivity contribution in [1.29, 1.82) is 0 Å². The summed E-state index contributed by atoms with van der Waals surface area (Å²) in [5.41, 5.74) is 0.857. The molecular formula is C15H16Cl2N4O2. The molecule has 0 atom stereocenters. The van der Waals surface area contributed by atoms with Gasteiger partial charge in [-0.05, 0) is 36.8 Å². The highest BCUT2D eigenvalue weighted by molar-refractivity contribution is 6.35. The van der Waals surface area contributed by atoms with E-state index in [-0.39, 0.29) is 11.6 Å². The summed E-state index contributed by atoms with van der Waals surface area (Å²) in [6.07, 6.45) is 0.739. The summed E-state index contributed by atoms with van der Waals surface area (Å²) in [7, 11) is 1.62. The van der Waals surface area contributed by atoms with Crippen LogP contribution in [0.1, 0.15) is 16.9 Å². The Hall–Kier alpha value is -1.89. The SMILES string of the molecule is COCCCNC(=O)c1ccc(Nc2cc(Cl)ccc2Cl)nn1. The largest absolute Gasteiger partial charge is 0.385 e. The monoisotopic (exact) mass is 354 g/mol. The maximum Gasteiger partial charge on any atom is 0.271 e. The van der Waals surface area contributed by atoms with Crippen LogP contribution in [0.4, 0.5) is 11.5 Å². The van der Waals surface area contributed by atoms with Crippen molar-refractivity contribution < 1.29 is 9.53 Å². The highest BCUT2D eigenvalue weighted by Gasteiger charge is 2.08. The van der Waals surface area contributed by atoms with Crippen LogP contribution < -0.4 is 10.6 Å². The summed E-state index contributed by atoms with van der Waals surface area (Å²) in [4.78, 5) is 11.9. The van der Waals surface area contributed by atoms with Gasteiger partial charge in [-0.25, -0.2) is 0 Å². The lowest BCUT2D eigenvalue weighted by Crippen LogP contribution is -2.26. The lowest BCUT2D eigenvalue weighted by atomic mass is 10.3. The van der Waals surface area contributed by atoms with E-state index in [9.17, 15) is 4.79 Å². The first-order valence-electron chi connectivity index (χ1n) is 6.93. The van der Waals surface area contributed by atoms with Crippen molar-refractivity contribution in [3.63, 3.8) is 0 Å². The van der Waals surface area contributed by atoms with Crippen molar-refractivity contribution in [3.8, 4) is 0 Å². The average molecular weight is 355 g/mol. The zero-order valence-corrected chi connectivity index (χ0v) is 14.0. The van der Waals surface area contributed by atoms with Gasteiger partial charge in [0.1, 0.15) is 0 Å². The number of rotatable bonds is 7. The lowest BCUT2D eigenvalue weighted by molar-refractivity contribution is 0.0942. The predicted molar refractivity (Wildman–Crippen MR) is 90.6 cm³/mol. The van der Waals surface area contributed by atoms with E-state index in [4.69, 9.17) is 27.9 Å². The second-order valence-electron chi connectivity index (χ2n) is 4.66. The Morgan fingerprint density at radius 2 is 2.04 bits per heavy atom. The Labute approximate surface area is 144 Å². The van der Waals surface area contributed by atoms with Crippen LogP contribution in [-0.4, -0.2) is 36.4 Å². The maximum absolute atomic E-state index is 11.9. The molecular weight excluding hydrogens is 339 g/mol. The van der Waals surface area contributed by atoms with E-state index in [1.165, 1.54) is 0 Å². The van der Waals surface area contributed by atoms with Crippen LogP contribution in [0, 0.1) is 0 Å². The molecule has 0 fully saturated rings. The molecule has 8 heteroatoms. The minimum Gasteiger partial charge on any atom is -0.385 e. The summed E-state index contributed by atoms with van der Waals surface area (Å²) in [6.45, 7) is 1.11. The van der Waals surface area contributed by atoms with Gasteiger partial charge >= 0.3 is 0 Å². The van der Waals surface area contributed by atoms with E-state index in [0.29, 0.717) is 34.7 Å². The highest BCUT2D eigenvalue weighted by atomic mass is 35.5. The van der Waals surface area contributed by atoms with E-state index in [0.717, 1.165) is 6.42 Å². The Kier molecular flexibility index (Phi) is 6.58. The number of benzene rings is 1. The van der Waals surface area contributed by atoms with Crippen LogP contribution in [0.3, 0.4) is 0 Å². The molecule has 0 saturated heterocycles. The number of halogens is 2. The molecule has 122 valence electrons. The number of hydrogen-bond acceptors (Lipinski definition) is 5. The van der Waals surface area contributed by atoms with Crippen molar-refractivity contribution in [2.45, 2.75) is 6.42 Å². The van der Waals surface area contributed by atoms with Crippen LogP contribution in [0.5, 0.6) is 0 Å². The molecule has 23 heavy (non-hydrogen) atoms. The van der Waals surface area contributed by atoms with Crippen LogP contribution in [0.2, 0.25) is 10.0 Å². The smallest absolute Gasteiger partial charge is 0.271 e. The molecule has 1 heterocycles. The quantitative estimate of drug-likeness (QED) is 0.746. The van der Waals surface area contributed by atoms with Crippen molar-refractivity contribution in [1.82, 2.24) is 15.5 Å². The topological polar surface area (TPSA) is 76.1 Å². The zero-order chi connectivity index (χ0) is 16.7. The molecule has 0 bridgehead atoms. The Bertz CT molecular complexity index is 665. The molecule has 0 unspecified atom stereocenters. The van der Waals surface area contributed by atoms with E-state index in [1.807, 2.05) is 0 Å². The minimum absolute atomic E-state index is 0.241. The normalized spacial score (nSPS) is 10.4. The average Bonchev–Trinajstić information content (AvgIpc) is 2.55. The third-order valence-corrected chi connectivity index (χ3v) is 3.46. The molecule has 1 aromatic carbocycles. The van der Waals surface area contributed by atoms with E-state index in [2.05, 4.69) is 20.8 Å². The fourth-order valence-corrected chi connectivity index (χ4v) is 2.10. The summed E-state index contributed by atoms with van der Waals surface area (Å²) in [5.74, 6) is 0.186. The van der Waals surface area contributed by atoms with Gasteiger partial charge in [-0.3, -0.25) is 4.79 Å². The zero-order valence-electron chi connectivity index (χ0n) is 12.5.